The predicted molar refractivity (Wildman–Crippen MR) is 160 cm³/mol. The molecular formula is C33H39FN2O6S. The molecule has 1 heterocycles. The molecule has 0 spiro atoms. The molecule has 1 aromatic carbocycles. The van der Waals surface area contributed by atoms with E-state index in [0.29, 0.717) is 25.7 Å². The molecule has 8 atom stereocenters. The second-order valence-corrected chi connectivity index (χ2v) is 14.4. The first-order chi connectivity index (χ1) is 20.4. The summed E-state index contributed by atoms with van der Waals surface area (Å²) in [5, 5.41) is 26.6. The number of carboxylic acids is 1. The van der Waals surface area contributed by atoms with E-state index in [2.05, 4.69) is 18.1 Å². The molecule has 4 aliphatic rings. The average molecular weight is 611 g/mol. The predicted octanol–water partition coefficient (Wildman–Crippen LogP) is 5.30. The van der Waals surface area contributed by atoms with Gasteiger partial charge >= 0.3 is 11.9 Å². The van der Waals surface area contributed by atoms with Crippen LogP contribution in [0.1, 0.15) is 64.1 Å². The number of carboxylic acid groups (broad SMARTS) is 1. The van der Waals surface area contributed by atoms with Crippen LogP contribution in [0.2, 0.25) is 0 Å². The monoisotopic (exact) mass is 610 g/mol. The highest BCUT2D eigenvalue weighted by molar-refractivity contribution is 8.14. The average Bonchev–Trinajstić information content (AvgIpc) is 3.51. The summed E-state index contributed by atoms with van der Waals surface area (Å²) in [4.78, 5) is 38.4. The van der Waals surface area contributed by atoms with Gasteiger partial charge in [-0.1, -0.05) is 38.1 Å². The fourth-order valence-electron chi connectivity index (χ4n) is 9.78. The van der Waals surface area contributed by atoms with Crippen molar-refractivity contribution in [3.8, 4) is 5.69 Å². The number of allylic oxidation sites excluding steroid dienone is 1. The molecule has 3 fully saturated rings. The van der Waals surface area contributed by atoms with Crippen molar-refractivity contribution in [1.29, 1.82) is 0 Å². The van der Waals surface area contributed by atoms with Crippen LogP contribution < -0.4 is 0 Å². The summed E-state index contributed by atoms with van der Waals surface area (Å²) in [6.07, 6.45) is 7.16. The Morgan fingerprint density at radius 2 is 1.93 bits per heavy atom. The van der Waals surface area contributed by atoms with Crippen LogP contribution in [0, 0.1) is 45.7 Å². The molecule has 2 N–H and O–H groups in total. The van der Waals surface area contributed by atoms with Crippen LogP contribution in [-0.2, 0) is 25.5 Å². The number of nitrogens with zero attached hydrogens (tertiary/aromatic N) is 2. The van der Waals surface area contributed by atoms with Gasteiger partial charge in [0.2, 0.25) is 0 Å². The van der Waals surface area contributed by atoms with Crippen molar-refractivity contribution in [3.63, 3.8) is 0 Å². The molecule has 3 saturated carbocycles. The van der Waals surface area contributed by atoms with Gasteiger partial charge in [0.25, 0.3) is 0 Å². The van der Waals surface area contributed by atoms with Gasteiger partial charge in [-0.05, 0) is 103 Å². The third-order valence-corrected chi connectivity index (χ3v) is 12.8. The molecule has 8 nitrogen and oxygen atoms in total. The quantitative estimate of drug-likeness (QED) is 0.423. The Bertz CT molecular complexity index is 1500. The van der Waals surface area contributed by atoms with Crippen molar-refractivity contribution in [2.75, 3.05) is 12.9 Å². The number of hydrogen-bond acceptors (Lipinski definition) is 7. The Balaban J connectivity index is 1.35. The number of benzene rings is 1. The number of thioether (sulfide) groups is 1. The molecule has 2 aromatic rings. The van der Waals surface area contributed by atoms with Crippen LogP contribution in [0.5, 0.6) is 0 Å². The first kappa shape index (κ1) is 30.1. The number of methoxy groups -OCH3 is 1. The Morgan fingerprint density at radius 1 is 1.21 bits per heavy atom. The molecule has 1 aromatic heterocycles. The summed E-state index contributed by atoms with van der Waals surface area (Å²) in [6, 6.07) is 6.28. The molecule has 4 aliphatic carbocycles. The van der Waals surface area contributed by atoms with E-state index in [0.717, 1.165) is 41.5 Å². The molecule has 0 radical (unpaired) electrons. The zero-order valence-corrected chi connectivity index (χ0v) is 25.8. The molecule has 0 aliphatic heterocycles. The maximum Gasteiger partial charge on any atom is 0.316 e. The van der Waals surface area contributed by atoms with Gasteiger partial charge in [-0.3, -0.25) is 14.4 Å². The summed E-state index contributed by atoms with van der Waals surface area (Å²) in [6.45, 7) is 5.86. The fraction of sp³-hybridized carbons (Fsp3) is 0.576. The number of aromatic nitrogens is 2. The smallest absolute Gasteiger partial charge is 0.316 e. The van der Waals surface area contributed by atoms with Crippen LogP contribution >= 0.6 is 11.8 Å². The van der Waals surface area contributed by atoms with Crippen molar-refractivity contribution >= 4 is 34.9 Å². The molecule has 6 rings (SSSR count). The van der Waals surface area contributed by atoms with Crippen LogP contribution in [0.3, 0.4) is 0 Å². The molecule has 1 unspecified atom stereocenters. The Morgan fingerprint density at radius 3 is 2.60 bits per heavy atom. The standard InChI is InChI=1S/C33H39FN2O6S/c1-18(29(39)40)33(30(41)43-17-27(38)42-4)12-11-24-23-10-5-20-13-25-19(16-35-36(25)22-8-6-21(34)7-9-22)14-31(20,2)28(23)26(37)15-32(24,33)3/h6-9,13,16,18,23-24,26,28,37H,5,10-12,14-15,17H2,1-4H3,(H,39,40)/t18?,23-,24-,26-,28+,31-,32-,33-/m0/s1. The van der Waals surface area contributed by atoms with Crippen molar-refractivity contribution in [3.05, 3.63) is 53.1 Å². The third-order valence-electron chi connectivity index (χ3n) is 11.8. The minimum absolute atomic E-state index is 0.0540. The van der Waals surface area contributed by atoms with E-state index in [1.165, 1.54) is 24.8 Å². The van der Waals surface area contributed by atoms with Gasteiger partial charge in [-0.15, -0.1) is 0 Å². The van der Waals surface area contributed by atoms with Crippen LogP contribution in [-0.4, -0.2) is 56.0 Å². The molecule has 0 saturated heterocycles. The van der Waals surface area contributed by atoms with E-state index in [9.17, 15) is 29.0 Å². The fourth-order valence-corrected chi connectivity index (χ4v) is 10.9. The maximum absolute atomic E-state index is 14.0. The number of carbonyl (C=O) groups excluding carboxylic acids is 2. The molecule has 10 heteroatoms. The van der Waals surface area contributed by atoms with Crippen molar-refractivity contribution in [2.45, 2.75) is 65.4 Å². The second kappa shape index (κ2) is 10.6. The number of carbonyl (C=O) groups is 3. The van der Waals surface area contributed by atoms with E-state index in [-0.39, 0.29) is 39.9 Å². The lowest BCUT2D eigenvalue weighted by Crippen LogP contribution is -2.61. The highest BCUT2D eigenvalue weighted by Gasteiger charge is 2.70. The SMILES string of the molecule is COC(=O)CSC(=O)[C@@]1(C(C)C(=O)O)CC[C@H]2[C@@H]3CCC4=Cc5c(cnn5-c5ccc(F)cc5)C[C@]4(C)[C@H]3[C@@H](O)C[C@@]21C. The van der Waals surface area contributed by atoms with E-state index >= 15 is 0 Å². The van der Waals surface area contributed by atoms with E-state index < -0.39 is 34.8 Å². The van der Waals surface area contributed by atoms with E-state index in [1.54, 1.807) is 19.1 Å². The minimum Gasteiger partial charge on any atom is -0.481 e. The number of aliphatic hydroxyl groups is 1. The van der Waals surface area contributed by atoms with Gasteiger partial charge in [-0.2, -0.15) is 5.10 Å². The van der Waals surface area contributed by atoms with Crippen molar-refractivity contribution < 1.29 is 33.7 Å². The highest BCUT2D eigenvalue weighted by atomic mass is 32.2. The van der Waals surface area contributed by atoms with Gasteiger partial charge in [0.1, 0.15) is 5.82 Å². The lowest BCUT2D eigenvalue weighted by Gasteiger charge is -2.61. The summed E-state index contributed by atoms with van der Waals surface area (Å²) in [5.74, 6) is -2.88. The maximum atomic E-state index is 14.0. The second-order valence-electron chi connectivity index (χ2n) is 13.5. The number of fused-ring (bicyclic) bond motifs is 6. The Kier molecular flexibility index (Phi) is 7.40. The molecule has 0 bridgehead atoms. The van der Waals surface area contributed by atoms with Crippen molar-refractivity contribution in [2.24, 2.45) is 39.9 Å². The Labute approximate surface area is 255 Å². The van der Waals surface area contributed by atoms with Gasteiger partial charge in [-0.25, -0.2) is 9.07 Å². The van der Waals surface area contributed by atoms with E-state index in [1.807, 2.05) is 17.8 Å². The zero-order valence-electron chi connectivity index (χ0n) is 25.0. The summed E-state index contributed by atoms with van der Waals surface area (Å²) >= 11 is 0.849. The third kappa shape index (κ3) is 4.34. The van der Waals surface area contributed by atoms with Crippen LogP contribution in [0.15, 0.2) is 36.0 Å². The summed E-state index contributed by atoms with van der Waals surface area (Å²) < 4.78 is 20.2. The Hall–Kier alpha value is -2.98. The highest BCUT2D eigenvalue weighted by Crippen LogP contribution is 2.72. The van der Waals surface area contributed by atoms with Gasteiger partial charge < -0.3 is 14.9 Å². The van der Waals surface area contributed by atoms with Gasteiger partial charge in [0.05, 0.1) is 47.9 Å². The molecule has 43 heavy (non-hydrogen) atoms. The number of rotatable bonds is 6. The number of aliphatic carboxylic acids is 1. The molecular weight excluding hydrogens is 571 g/mol. The number of hydrogen-bond donors (Lipinski definition) is 2. The first-order valence-electron chi connectivity index (χ1n) is 15.1. The van der Waals surface area contributed by atoms with Crippen LogP contribution in [0.4, 0.5) is 4.39 Å². The lowest BCUT2D eigenvalue weighted by molar-refractivity contribution is -0.172. The number of ether oxygens (including phenoxy) is 1. The number of halogens is 1. The van der Waals surface area contributed by atoms with Crippen molar-refractivity contribution in [1.82, 2.24) is 9.78 Å². The zero-order chi connectivity index (χ0) is 30.9. The topological polar surface area (TPSA) is 119 Å². The lowest BCUT2D eigenvalue weighted by atomic mass is 9.43. The number of aliphatic hydroxyl groups excluding tert-OH is 1. The first-order valence-corrected chi connectivity index (χ1v) is 16.0. The van der Waals surface area contributed by atoms with Gasteiger partial charge in [0.15, 0.2) is 5.12 Å². The minimum atomic E-state index is -1.21. The van der Waals surface area contributed by atoms with Crippen LogP contribution in [0.25, 0.3) is 11.8 Å². The summed E-state index contributed by atoms with van der Waals surface area (Å²) in [5.41, 5.74) is 1.84. The molecule has 230 valence electrons. The van der Waals surface area contributed by atoms with Gasteiger partial charge in [0, 0.05) is 0 Å². The normalized spacial score (nSPS) is 35.1. The molecule has 0 amide bonds. The summed E-state index contributed by atoms with van der Waals surface area (Å²) in [7, 11) is 1.27. The largest absolute Gasteiger partial charge is 0.481 e. The number of esters is 1. The van der Waals surface area contributed by atoms with E-state index in [4.69, 9.17) is 4.74 Å².